The van der Waals surface area contributed by atoms with E-state index in [0.29, 0.717) is 27.4 Å². The Morgan fingerprint density at radius 3 is 2.54 bits per heavy atom. The zero-order chi connectivity index (χ0) is 20.1. The number of halogens is 2. The molecule has 1 aromatic rings. The van der Waals surface area contributed by atoms with Crippen molar-refractivity contribution in [3.05, 3.63) is 33.8 Å². The van der Waals surface area contributed by atoms with Crippen molar-refractivity contribution in [2.75, 3.05) is 19.6 Å². The Balaban J connectivity index is 1.41. The first-order valence-electron chi connectivity index (χ1n) is 9.87. The Bertz CT molecular complexity index is 769. The quantitative estimate of drug-likeness (QED) is 0.769. The van der Waals surface area contributed by atoms with Crippen molar-refractivity contribution in [1.29, 1.82) is 5.26 Å². The fourth-order valence-electron chi connectivity index (χ4n) is 4.26. The van der Waals surface area contributed by atoms with Gasteiger partial charge in [-0.05, 0) is 68.6 Å². The summed E-state index contributed by atoms with van der Waals surface area (Å²) >= 11 is 11.8. The van der Waals surface area contributed by atoms with E-state index >= 15 is 0 Å². The summed E-state index contributed by atoms with van der Waals surface area (Å²) in [6.07, 6.45) is 6.43. The Morgan fingerprint density at radius 2 is 1.86 bits per heavy atom. The number of likely N-dealkylation sites (tertiary alicyclic amines) is 1. The van der Waals surface area contributed by atoms with E-state index in [1.54, 1.807) is 12.1 Å². The van der Waals surface area contributed by atoms with E-state index in [1.165, 1.54) is 6.07 Å². The standard InChI is InChI=1S/C21H25Cl2N3O2/c22-18-6-5-17(10-19(18)23)21(28)25-12-20(27)26-8-7-16(13-26)9-14-1-3-15(11-24)4-2-14/h5-6,10,14-16H,1-4,7-9,12-13H2,(H,25,28). The number of nitriles is 1. The molecule has 1 aliphatic carbocycles. The number of nitrogens with zero attached hydrogens (tertiary/aromatic N) is 2. The molecule has 0 radical (unpaired) electrons. The number of nitrogens with one attached hydrogen (secondary N) is 1. The molecule has 1 saturated heterocycles. The highest BCUT2D eigenvalue weighted by atomic mass is 35.5. The number of rotatable bonds is 5. The third kappa shape index (κ3) is 5.40. The Hall–Kier alpha value is -1.77. The second-order valence-electron chi connectivity index (χ2n) is 7.89. The second kappa shape index (κ2) is 9.62. The maximum atomic E-state index is 12.4. The highest BCUT2D eigenvalue weighted by molar-refractivity contribution is 6.42. The maximum absolute atomic E-state index is 12.4. The zero-order valence-electron chi connectivity index (χ0n) is 15.8. The summed E-state index contributed by atoms with van der Waals surface area (Å²) < 4.78 is 0. The molecule has 0 bridgehead atoms. The van der Waals surface area contributed by atoms with E-state index in [-0.39, 0.29) is 24.3 Å². The summed E-state index contributed by atoms with van der Waals surface area (Å²) in [5.74, 6) is 1.05. The normalized spacial score (nSPS) is 24.6. The summed E-state index contributed by atoms with van der Waals surface area (Å²) in [4.78, 5) is 26.5. The van der Waals surface area contributed by atoms with Crippen LogP contribution in [0.1, 0.15) is 48.9 Å². The molecule has 1 atom stereocenters. The van der Waals surface area contributed by atoms with Crippen molar-refractivity contribution in [2.45, 2.75) is 38.5 Å². The van der Waals surface area contributed by atoms with Crippen LogP contribution in [0.4, 0.5) is 0 Å². The van der Waals surface area contributed by atoms with Gasteiger partial charge in [-0.1, -0.05) is 23.2 Å². The number of hydrogen-bond donors (Lipinski definition) is 1. The molecular formula is C21H25Cl2N3O2. The van der Waals surface area contributed by atoms with Crippen LogP contribution in [0.15, 0.2) is 18.2 Å². The molecule has 2 amide bonds. The average molecular weight is 422 g/mol. The minimum atomic E-state index is -0.336. The predicted molar refractivity (Wildman–Crippen MR) is 109 cm³/mol. The molecule has 2 aliphatic rings. The summed E-state index contributed by atoms with van der Waals surface area (Å²) in [6, 6.07) is 7.03. The molecule has 0 aromatic heterocycles. The Kier molecular flexibility index (Phi) is 7.20. The smallest absolute Gasteiger partial charge is 0.251 e. The zero-order valence-corrected chi connectivity index (χ0v) is 17.3. The molecule has 0 spiro atoms. The molecule has 1 unspecified atom stereocenters. The summed E-state index contributed by atoms with van der Waals surface area (Å²) in [5.41, 5.74) is 0.384. The molecule has 3 rings (SSSR count). The Morgan fingerprint density at radius 1 is 1.11 bits per heavy atom. The van der Waals surface area contributed by atoms with Gasteiger partial charge in [-0.2, -0.15) is 5.26 Å². The van der Waals surface area contributed by atoms with Crippen LogP contribution in [0.3, 0.4) is 0 Å². The molecule has 7 heteroatoms. The molecule has 1 saturated carbocycles. The van der Waals surface area contributed by atoms with Crippen molar-refractivity contribution in [2.24, 2.45) is 17.8 Å². The average Bonchev–Trinajstić information content (AvgIpc) is 3.17. The van der Waals surface area contributed by atoms with Gasteiger partial charge in [-0.25, -0.2) is 0 Å². The third-order valence-electron chi connectivity index (χ3n) is 5.92. The van der Waals surface area contributed by atoms with E-state index < -0.39 is 0 Å². The Labute approximate surface area is 176 Å². The van der Waals surface area contributed by atoms with Crippen molar-refractivity contribution < 1.29 is 9.59 Å². The van der Waals surface area contributed by atoms with Crippen molar-refractivity contribution in [3.63, 3.8) is 0 Å². The number of benzene rings is 1. The van der Waals surface area contributed by atoms with Crippen LogP contribution in [0.5, 0.6) is 0 Å². The highest BCUT2D eigenvalue weighted by Crippen LogP contribution is 2.34. The van der Waals surface area contributed by atoms with Crippen molar-refractivity contribution in [1.82, 2.24) is 10.2 Å². The monoisotopic (exact) mass is 421 g/mol. The number of hydrogen-bond acceptors (Lipinski definition) is 3. The summed E-state index contributed by atoms with van der Waals surface area (Å²) in [5, 5.41) is 12.4. The molecule has 28 heavy (non-hydrogen) atoms. The van der Waals surface area contributed by atoms with Gasteiger partial charge in [0.25, 0.3) is 5.91 Å². The molecule has 1 aliphatic heterocycles. The first-order chi connectivity index (χ1) is 13.5. The van der Waals surface area contributed by atoms with Crippen molar-refractivity contribution in [3.8, 4) is 6.07 Å². The minimum absolute atomic E-state index is 0.0148. The van der Waals surface area contributed by atoms with E-state index in [2.05, 4.69) is 11.4 Å². The molecule has 5 nitrogen and oxygen atoms in total. The molecule has 1 aromatic carbocycles. The second-order valence-corrected chi connectivity index (χ2v) is 8.70. The lowest BCUT2D eigenvalue weighted by atomic mass is 9.78. The topological polar surface area (TPSA) is 73.2 Å². The van der Waals surface area contributed by atoms with Gasteiger partial charge in [0.1, 0.15) is 0 Å². The number of carbonyl (C=O) groups is 2. The lowest BCUT2D eigenvalue weighted by molar-refractivity contribution is -0.129. The van der Waals surface area contributed by atoms with Crippen LogP contribution in [0.25, 0.3) is 0 Å². The SMILES string of the molecule is N#CC1CCC(CC2CCN(C(=O)CNC(=O)c3ccc(Cl)c(Cl)c3)C2)CC1. The molecule has 150 valence electrons. The van der Waals surface area contributed by atoms with E-state index in [4.69, 9.17) is 28.5 Å². The number of amides is 2. The van der Waals surface area contributed by atoms with Gasteiger partial charge in [0.15, 0.2) is 0 Å². The van der Waals surface area contributed by atoms with Gasteiger partial charge in [-0.15, -0.1) is 0 Å². The van der Waals surface area contributed by atoms with Crippen LogP contribution in [-0.2, 0) is 4.79 Å². The third-order valence-corrected chi connectivity index (χ3v) is 6.66. The largest absolute Gasteiger partial charge is 0.343 e. The maximum Gasteiger partial charge on any atom is 0.251 e. The highest BCUT2D eigenvalue weighted by Gasteiger charge is 2.30. The van der Waals surface area contributed by atoms with Gasteiger partial charge in [-0.3, -0.25) is 9.59 Å². The van der Waals surface area contributed by atoms with Gasteiger partial charge in [0, 0.05) is 24.6 Å². The summed E-state index contributed by atoms with van der Waals surface area (Å²) in [7, 11) is 0. The molecule has 1 heterocycles. The lowest BCUT2D eigenvalue weighted by Gasteiger charge is -2.27. The lowest BCUT2D eigenvalue weighted by Crippen LogP contribution is -2.39. The van der Waals surface area contributed by atoms with Gasteiger partial charge < -0.3 is 10.2 Å². The van der Waals surface area contributed by atoms with Crippen LogP contribution in [0.2, 0.25) is 10.0 Å². The minimum Gasteiger partial charge on any atom is -0.343 e. The van der Waals surface area contributed by atoms with E-state index in [9.17, 15) is 9.59 Å². The van der Waals surface area contributed by atoms with Crippen LogP contribution < -0.4 is 5.32 Å². The van der Waals surface area contributed by atoms with E-state index in [1.807, 2.05) is 4.90 Å². The predicted octanol–water partition coefficient (Wildman–Crippen LogP) is 4.29. The van der Waals surface area contributed by atoms with Gasteiger partial charge >= 0.3 is 0 Å². The molecule has 1 N–H and O–H groups in total. The molecule has 2 fully saturated rings. The van der Waals surface area contributed by atoms with Gasteiger partial charge in [0.05, 0.1) is 22.7 Å². The van der Waals surface area contributed by atoms with Crippen LogP contribution in [-0.4, -0.2) is 36.3 Å². The first-order valence-corrected chi connectivity index (χ1v) is 10.6. The van der Waals surface area contributed by atoms with Gasteiger partial charge in [0.2, 0.25) is 5.91 Å². The fraction of sp³-hybridized carbons (Fsp3) is 0.571. The van der Waals surface area contributed by atoms with Crippen LogP contribution >= 0.6 is 23.2 Å². The summed E-state index contributed by atoms with van der Waals surface area (Å²) in [6.45, 7) is 1.50. The fourth-order valence-corrected chi connectivity index (χ4v) is 4.56. The molecular weight excluding hydrogens is 397 g/mol. The van der Waals surface area contributed by atoms with Crippen LogP contribution in [0, 0.1) is 29.1 Å². The van der Waals surface area contributed by atoms with E-state index in [0.717, 1.165) is 51.6 Å². The first kappa shape index (κ1) is 21.0. The number of carbonyl (C=O) groups excluding carboxylic acids is 2. The van der Waals surface area contributed by atoms with Crippen molar-refractivity contribution >= 4 is 35.0 Å².